The van der Waals surface area contributed by atoms with E-state index < -0.39 is 0 Å². The minimum absolute atomic E-state index is 0.115. The zero-order valence-corrected chi connectivity index (χ0v) is 22.1. The molecule has 3 heterocycles. The number of carbonyl (C=O) groups is 1. The summed E-state index contributed by atoms with van der Waals surface area (Å²) in [5, 5.41) is 5.05. The Balaban J connectivity index is 1.48. The van der Waals surface area contributed by atoms with E-state index in [1.807, 2.05) is 42.5 Å². The second kappa shape index (κ2) is 9.34. The first kappa shape index (κ1) is 23.2. The van der Waals surface area contributed by atoms with Gasteiger partial charge in [0.15, 0.2) is 0 Å². The maximum atomic E-state index is 14.0. The van der Waals surface area contributed by atoms with E-state index in [1.165, 1.54) is 33.8 Å². The van der Waals surface area contributed by atoms with Gasteiger partial charge in [0.25, 0.3) is 0 Å². The normalized spacial score (nSPS) is 16.5. The van der Waals surface area contributed by atoms with Gasteiger partial charge in [-0.05, 0) is 85.3 Å². The molecule has 0 fully saturated rings. The fraction of sp³-hybridized carbons (Fsp3) is 0.276. The third-order valence-electron chi connectivity index (χ3n) is 7.26. The molecular weight excluding hydrogens is 488 g/mol. The van der Waals surface area contributed by atoms with Crippen LogP contribution >= 0.6 is 22.9 Å². The molecule has 4 aromatic rings. The van der Waals surface area contributed by atoms with E-state index >= 15 is 0 Å². The Kier molecular flexibility index (Phi) is 6.02. The lowest BCUT2D eigenvalue weighted by molar-refractivity contribution is 0.194. The topological polar surface area (TPSA) is 40.5 Å². The average molecular weight is 517 g/mol. The van der Waals surface area contributed by atoms with Crippen molar-refractivity contribution in [2.24, 2.45) is 0 Å². The molecule has 184 valence electrons. The first-order valence-corrected chi connectivity index (χ1v) is 13.6. The minimum atomic E-state index is -0.220. The monoisotopic (exact) mass is 516 g/mol. The smallest absolute Gasteiger partial charge is 0.322 e. The quantitative estimate of drug-likeness (QED) is 0.311. The van der Waals surface area contributed by atoms with Gasteiger partial charge >= 0.3 is 6.03 Å². The van der Waals surface area contributed by atoms with Crippen LogP contribution in [0.15, 0.2) is 66.9 Å². The zero-order chi connectivity index (χ0) is 24.8. The highest BCUT2D eigenvalue weighted by Crippen LogP contribution is 2.44. The summed E-state index contributed by atoms with van der Waals surface area (Å²) < 4.78 is 2.32. The molecule has 0 spiro atoms. The molecule has 0 saturated carbocycles. The summed E-state index contributed by atoms with van der Waals surface area (Å²) >= 11 is 7.99. The summed E-state index contributed by atoms with van der Waals surface area (Å²) in [4.78, 5) is 19.5. The van der Waals surface area contributed by atoms with Crippen molar-refractivity contribution in [1.29, 1.82) is 0 Å². The number of anilines is 2. The largest absolute Gasteiger partial charge is 0.378 e. The number of halogens is 1. The highest BCUT2D eigenvalue weighted by molar-refractivity contribution is 7.15. The van der Waals surface area contributed by atoms with Gasteiger partial charge in [0.1, 0.15) is 5.00 Å². The van der Waals surface area contributed by atoms with Gasteiger partial charge in [-0.2, -0.15) is 0 Å². The van der Waals surface area contributed by atoms with Crippen LogP contribution in [0.3, 0.4) is 0 Å². The molecule has 0 unspecified atom stereocenters. The molecule has 1 atom stereocenters. The Morgan fingerprint density at radius 2 is 1.75 bits per heavy atom. The number of benzene rings is 2. The second-order valence-electron chi connectivity index (χ2n) is 9.75. The standard InChI is InChI=1S/C29H29ClN4OS/c1-32(2)22-15-9-19(10-16-22)27-25-7-5-17-33(25)28-24(23-6-3-4-8-26(23)36-28)18-34(27)29(35)31-21-13-11-20(30)12-14-21/h5,7,9-17,27H,3-4,6,8,18H2,1-2H3,(H,31,35)/t27-/m1/s1. The number of amides is 2. The third-order valence-corrected chi connectivity index (χ3v) is 8.85. The van der Waals surface area contributed by atoms with Crippen molar-refractivity contribution in [3.63, 3.8) is 0 Å². The number of carbonyl (C=O) groups excluding carboxylic acids is 1. The zero-order valence-electron chi connectivity index (χ0n) is 20.5. The fourth-order valence-corrected chi connectivity index (χ4v) is 6.95. The number of nitrogens with zero attached hydrogens (tertiary/aromatic N) is 3. The third kappa shape index (κ3) is 4.08. The van der Waals surface area contributed by atoms with Crippen molar-refractivity contribution in [3.8, 4) is 5.00 Å². The summed E-state index contributed by atoms with van der Waals surface area (Å²) in [5.41, 5.74) is 6.82. The summed E-state index contributed by atoms with van der Waals surface area (Å²) in [6.45, 7) is 0.572. The van der Waals surface area contributed by atoms with E-state index in [4.69, 9.17) is 11.6 Å². The van der Waals surface area contributed by atoms with Crippen LogP contribution < -0.4 is 10.2 Å². The van der Waals surface area contributed by atoms with Crippen molar-refractivity contribution < 1.29 is 4.79 Å². The van der Waals surface area contributed by atoms with E-state index in [9.17, 15) is 4.79 Å². The fourth-order valence-electron chi connectivity index (χ4n) is 5.42. The molecular formula is C29H29ClN4OS. The maximum Gasteiger partial charge on any atom is 0.322 e. The molecule has 5 nitrogen and oxygen atoms in total. The number of rotatable bonds is 3. The number of fused-ring (bicyclic) bond motifs is 5. The van der Waals surface area contributed by atoms with E-state index in [0.717, 1.165) is 35.5 Å². The Bertz CT molecular complexity index is 1400. The van der Waals surface area contributed by atoms with Crippen molar-refractivity contribution in [2.45, 2.75) is 38.3 Å². The van der Waals surface area contributed by atoms with Gasteiger partial charge in [-0.3, -0.25) is 0 Å². The first-order valence-electron chi connectivity index (χ1n) is 12.4. The van der Waals surface area contributed by atoms with E-state index in [0.29, 0.717) is 11.6 Å². The van der Waals surface area contributed by atoms with Crippen LogP contribution in [0.4, 0.5) is 16.2 Å². The molecule has 2 aromatic carbocycles. The first-order chi connectivity index (χ1) is 17.5. The Morgan fingerprint density at radius 3 is 2.50 bits per heavy atom. The van der Waals surface area contributed by atoms with E-state index in [-0.39, 0.29) is 12.1 Å². The van der Waals surface area contributed by atoms with Crippen LogP contribution in [-0.4, -0.2) is 29.6 Å². The predicted octanol–water partition coefficient (Wildman–Crippen LogP) is 7.27. The lowest BCUT2D eigenvalue weighted by atomic mass is 9.95. The molecule has 1 N–H and O–H groups in total. The van der Waals surface area contributed by atoms with Crippen LogP contribution in [0.2, 0.25) is 5.02 Å². The molecule has 2 aromatic heterocycles. The number of hydrogen-bond donors (Lipinski definition) is 1. The van der Waals surface area contributed by atoms with Crippen LogP contribution in [0.5, 0.6) is 0 Å². The SMILES string of the molecule is CN(C)c1ccc([C@@H]2c3cccn3-c3sc4c(c3CN2C(=O)Nc2ccc(Cl)cc2)CCCC4)cc1. The van der Waals surface area contributed by atoms with Gasteiger partial charge in [-0.1, -0.05) is 23.7 Å². The average Bonchev–Trinajstić information content (AvgIpc) is 3.47. The number of thiophene rings is 1. The molecule has 0 saturated heterocycles. The molecule has 7 heteroatoms. The molecule has 0 bridgehead atoms. The Labute approximate surface area is 220 Å². The van der Waals surface area contributed by atoms with Gasteiger partial charge in [-0.15, -0.1) is 11.3 Å². The minimum Gasteiger partial charge on any atom is -0.378 e. The van der Waals surface area contributed by atoms with Crippen molar-refractivity contribution in [1.82, 2.24) is 9.47 Å². The number of urea groups is 1. The van der Waals surface area contributed by atoms with Crippen LogP contribution in [-0.2, 0) is 19.4 Å². The molecule has 0 radical (unpaired) electrons. The highest BCUT2D eigenvalue weighted by Gasteiger charge is 2.36. The summed E-state index contributed by atoms with van der Waals surface area (Å²) in [5.74, 6) is 0. The molecule has 36 heavy (non-hydrogen) atoms. The van der Waals surface area contributed by atoms with Crippen LogP contribution in [0.25, 0.3) is 5.00 Å². The van der Waals surface area contributed by atoms with E-state index in [1.54, 1.807) is 12.1 Å². The Hall–Kier alpha value is -3.22. The maximum absolute atomic E-state index is 14.0. The van der Waals surface area contributed by atoms with E-state index in [2.05, 4.69) is 57.4 Å². The molecule has 1 aliphatic heterocycles. The lowest BCUT2D eigenvalue weighted by Gasteiger charge is -2.31. The van der Waals surface area contributed by atoms with Crippen LogP contribution in [0, 0.1) is 0 Å². The van der Waals surface area contributed by atoms with Gasteiger partial charge in [0, 0.05) is 47.1 Å². The molecule has 1 aliphatic carbocycles. The van der Waals surface area contributed by atoms with Crippen molar-refractivity contribution in [3.05, 3.63) is 99.1 Å². The highest BCUT2D eigenvalue weighted by atomic mass is 35.5. The number of aromatic nitrogens is 1. The lowest BCUT2D eigenvalue weighted by Crippen LogP contribution is -2.38. The number of aryl methyl sites for hydroxylation is 1. The summed E-state index contributed by atoms with van der Waals surface area (Å²) in [6.07, 6.45) is 6.83. The van der Waals surface area contributed by atoms with Gasteiger partial charge in [-0.25, -0.2) is 4.79 Å². The summed E-state index contributed by atoms with van der Waals surface area (Å²) in [7, 11) is 4.08. The summed E-state index contributed by atoms with van der Waals surface area (Å²) in [6, 6.07) is 19.8. The van der Waals surface area contributed by atoms with Crippen molar-refractivity contribution in [2.75, 3.05) is 24.3 Å². The van der Waals surface area contributed by atoms with Crippen molar-refractivity contribution >= 4 is 40.3 Å². The second-order valence-corrected chi connectivity index (χ2v) is 11.3. The molecule has 2 amide bonds. The van der Waals surface area contributed by atoms with Gasteiger partial charge in [0.2, 0.25) is 0 Å². The number of hydrogen-bond acceptors (Lipinski definition) is 3. The molecule has 6 rings (SSSR count). The van der Waals surface area contributed by atoms with Gasteiger partial charge < -0.3 is 19.7 Å². The predicted molar refractivity (Wildman–Crippen MR) is 149 cm³/mol. The number of nitrogens with one attached hydrogen (secondary N) is 1. The molecule has 2 aliphatic rings. The Morgan fingerprint density at radius 1 is 1.00 bits per heavy atom. The van der Waals surface area contributed by atoms with Crippen LogP contribution in [0.1, 0.15) is 46.1 Å². The van der Waals surface area contributed by atoms with Gasteiger partial charge in [0.05, 0.1) is 18.3 Å².